The normalized spacial score (nSPS) is 8.22. The van der Waals surface area contributed by atoms with Crippen LogP contribution in [-0.2, 0) is 0 Å². The highest BCUT2D eigenvalue weighted by Crippen LogP contribution is 2.00. The van der Waals surface area contributed by atoms with E-state index in [4.69, 9.17) is 0 Å². The molecule has 0 atom stereocenters. The number of aromatic nitrogens is 1. The summed E-state index contributed by atoms with van der Waals surface area (Å²) in [5.74, 6) is 0. The lowest BCUT2D eigenvalue weighted by Crippen LogP contribution is -1.78. The lowest BCUT2D eigenvalue weighted by Gasteiger charge is -1.92. The standard InChI is InChI=1S/C7H9N.B/c1-6-3-4-8-5-7(6)2;/h3-5H,1-2H3;. The topological polar surface area (TPSA) is 12.9 Å². The summed E-state index contributed by atoms with van der Waals surface area (Å²) in [5.41, 5.74) is 2.56. The minimum atomic E-state index is 0. The van der Waals surface area contributed by atoms with Crippen LogP contribution in [0.15, 0.2) is 18.5 Å². The van der Waals surface area contributed by atoms with Crippen LogP contribution in [0, 0.1) is 13.8 Å². The van der Waals surface area contributed by atoms with Crippen LogP contribution in [0.3, 0.4) is 0 Å². The van der Waals surface area contributed by atoms with Crippen LogP contribution in [0.2, 0.25) is 0 Å². The van der Waals surface area contributed by atoms with Gasteiger partial charge in [-0.25, -0.2) is 0 Å². The summed E-state index contributed by atoms with van der Waals surface area (Å²) in [6.07, 6.45) is 3.68. The van der Waals surface area contributed by atoms with Gasteiger partial charge < -0.3 is 0 Å². The zero-order valence-electron chi connectivity index (χ0n) is 5.76. The van der Waals surface area contributed by atoms with Crippen LogP contribution in [0.5, 0.6) is 0 Å². The average molecular weight is 118 g/mol. The fourth-order valence-corrected chi connectivity index (χ4v) is 0.543. The van der Waals surface area contributed by atoms with E-state index in [0.29, 0.717) is 0 Å². The molecule has 0 saturated heterocycles. The van der Waals surface area contributed by atoms with Gasteiger partial charge in [-0.05, 0) is 31.0 Å². The summed E-state index contributed by atoms with van der Waals surface area (Å²) in [7, 11) is 0. The third-order valence-corrected chi connectivity index (χ3v) is 1.30. The fraction of sp³-hybridized carbons (Fsp3) is 0.286. The van der Waals surface area contributed by atoms with Crippen LogP contribution in [0.25, 0.3) is 0 Å². The molecular formula is C7H9BN. The van der Waals surface area contributed by atoms with Gasteiger partial charge in [0, 0.05) is 20.8 Å². The Morgan fingerprint density at radius 2 is 1.89 bits per heavy atom. The van der Waals surface area contributed by atoms with Crippen molar-refractivity contribution in [2.45, 2.75) is 13.8 Å². The second-order valence-corrected chi connectivity index (χ2v) is 1.96. The van der Waals surface area contributed by atoms with E-state index in [1.54, 1.807) is 0 Å². The van der Waals surface area contributed by atoms with E-state index < -0.39 is 0 Å². The third-order valence-electron chi connectivity index (χ3n) is 1.30. The lowest BCUT2D eigenvalue weighted by atomic mass is 10.2. The summed E-state index contributed by atoms with van der Waals surface area (Å²) >= 11 is 0. The second kappa shape index (κ2) is 3.28. The Balaban J connectivity index is 0.000000640. The van der Waals surface area contributed by atoms with Crippen molar-refractivity contribution in [2.24, 2.45) is 0 Å². The summed E-state index contributed by atoms with van der Waals surface area (Å²) in [6, 6.07) is 2.01. The van der Waals surface area contributed by atoms with Gasteiger partial charge in [-0.15, -0.1) is 0 Å². The van der Waals surface area contributed by atoms with Gasteiger partial charge in [-0.3, -0.25) is 4.98 Å². The van der Waals surface area contributed by atoms with E-state index in [1.165, 1.54) is 11.1 Å². The number of aryl methyl sites for hydroxylation is 2. The van der Waals surface area contributed by atoms with Crippen molar-refractivity contribution in [3.63, 3.8) is 0 Å². The number of pyridine rings is 1. The Bertz CT molecular complexity index is 165. The Hall–Kier alpha value is -0.785. The zero-order chi connectivity index (χ0) is 5.98. The molecule has 1 aromatic rings. The zero-order valence-corrected chi connectivity index (χ0v) is 5.76. The van der Waals surface area contributed by atoms with Crippen LogP contribution in [0.4, 0.5) is 0 Å². The van der Waals surface area contributed by atoms with E-state index in [0.717, 1.165) is 0 Å². The molecule has 0 fully saturated rings. The maximum Gasteiger partial charge on any atom is 0.0299 e. The molecule has 1 nitrogen and oxygen atoms in total. The predicted molar refractivity (Wildman–Crippen MR) is 39.5 cm³/mol. The molecule has 0 amide bonds. The van der Waals surface area contributed by atoms with E-state index in [9.17, 15) is 0 Å². The first kappa shape index (κ1) is 8.21. The number of hydrogen-bond donors (Lipinski definition) is 0. The molecule has 0 N–H and O–H groups in total. The predicted octanol–water partition coefficient (Wildman–Crippen LogP) is 1.32. The molecule has 0 saturated carbocycles. The fourth-order valence-electron chi connectivity index (χ4n) is 0.543. The molecule has 0 aromatic carbocycles. The highest BCUT2D eigenvalue weighted by atomic mass is 14.6. The third kappa shape index (κ3) is 1.88. The summed E-state index contributed by atoms with van der Waals surface area (Å²) in [4.78, 5) is 3.95. The first-order valence-electron chi connectivity index (χ1n) is 2.68. The average Bonchev–Trinajstić information content (AvgIpc) is 1.77. The molecular weight excluding hydrogens is 109 g/mol. The first-order chi connectivity index (χ1) is 3.80. The van der Waals surface area contributed by atoms with E-state index in [2.05, 4.69) is 18.8 Å². The van der Waals surface area contributed by atoms with Crippen molar-refractivity contribution in [3.8, 4) is 0 Å². The number of rotatable bonds is 0. The molecule has 0 bridgehead atoms. The smallest absolute Gasteiger partial charge is 0.0299 e. The maximum atomic E-state index is 3.95. The van der Waals surface area contributed by atoms with Gasteiger partial charge in [-0.1, -0.05) is 0 Å². The van der Waals surface area contributed by atoms with Gasteiger partial charge in [0.05, 0.1) is 0 Å². The van der Waals surface area contributed by atoms with Crippen molar-refractivity contribution in [1.82, 2.24) is 4.98 Å². The van der Waals surface area contributed by atoms with Crippen molar-refractivity contribution < 1.29 is 0 Å². The van der Waals surface area contributed by atoms with Crippen LogP contribution >= 0.6 is 0 Å². The second-order valence-electron chi connectivity index (χ2n) is 1.96. The molecule has 0 unspecified atom stereocenters. The Morgan fingerprint density at radius 3 is 2.22 bits per heavy atom. The molecule has 2 heteroatoms. The van der Waals surface area contributed by atoms with E-state index in [-0.39, 0.29) is 8.41 Å². The Labute approximate surface area is 57.7 Å². The molecule has 0 aliphatic carbocycles. The summed E-state index contributed by atoms with van der Waals surface area (Å²) < 4.78 is 0. The quantitative estimate of drug-likeness (QED) is 0.468. The summed E-state index contributed by atoms with van der Waals surface area (Å²) in [6.45, 7) is 4.14. The van der Waals surface area contributed by atoms with E-state index >= 15 is 0 Å². The van der Waals surface area contributed by atoms with Gasteiger partial charge in [0.1, 0.15) is 0 Å². The van der Waals surface area contributed by atoms with Gasteiger partial charge in [0.2, 0.25) is 0 Å². The van der Waals surface area contributed by atoms with Gasteiger partial charge >= 0.3 is 0 Å². The van der Waals surface area contributed by atoms with Crippen molar-refractivity contribution >= 4 is 8.41 Å². The minimum Gasteiger partial charge on any atom is -0.264 e. The number of nitrogens with zero attached hydrogens (tertiary/aromatic N) is 1. The van der Waals surface area contributed by atoms with Crippen LogP contribution < -0.4 is 0 Å². The molecule has 0 spiro atoms. The molecule has 45 valence electrons. The highest BCUT2D eigenvalue weighted by Gasteiger charge is 1.84. The first-order valence-corrected chi connectivity index (χ1v) is 2.68. The molecule has 1 heterocycles. The van der Waals surface area contributed by atoms with Crippen LogP contribution in [-0.4, -0.2) is 13.4 Å². The van der Waals surface area contributed by atoms with Crippen molar-refractivity contribution in [1.29, 1.82) is 0 Å². The molecule has 0 aliphatic heterocycles. The van der Waals surface area contributed by atoms with Crippen molar-refractivity contribution in [3.05, 3.63) is 29.6 Å². The molecule has 1 aromatic heterocycles. The molecule has 0 aliphatic rings. The monoisotopic (exact) mass is 118 g/mol. The minimum absolute atomic E-state index is 0. The van der Waals surface area contributed by atoms with E-state index in [1.807, 2.05) is 18.5 Å². The Kier molecular flexibility index (Phi) is 3.00. The molecule has 9 heavy (non-hydrogen) atoms. The van der Waals surface area contributed by atoms with Gasteiger partial charge in [-0.2, -0.15) is 0 Å². The molecule has 1 rings (SSSR count). The van der Waals surface area contributed by atoms with Gasteiger partial charge in [0.15, 0.2) is 0 Å². The Morgan fingerprint density at radius 1 is 1.22 bits per heavy atom. The summed E-state index contributed by atoms with van der Waals surface area (Å²) in [5, 5.41) is 0. The highest BCUT2D eigenvalue weighted by molar-refractivity contribution is 5.75. The maximum absolute atomic E-state index is 3.95. The largest absolute Gasteiger partial charge is 0.264 e. The lowest BCUT2D eigenvalue weighted by molar-refractivity contribution is 1.22. The SMILES string of the molecule is Cc1ccncc1C.[B]. The molecule has 3 radical (unpaired) electrons. The number of hydrogen-bond acceptors (Lipinski definition) is 1. The van der Waals surface area contributed by atoms with Crippen molar-refractivity contribution in [2.75, 3.05) is 0 Å². The van der Waals surface area contributed by atoms with Crippen LogP contribution in [0.1, 0.15) is 11.1 Å². The van der Waals surface area contributed by atoms with Gasteiger partial charge in [0.25, 0.3) is 0 Å².